The van der Waals surface area contributed by atoms with Gasteiger partial charge in [-0.05, 0) is 30.7 Å². The molecule has 0 aliphatic rings. The molecule has 0 aliphatic carbocycles. The van der Waals surface area contributed by atoms with Gasteiger partial charge in [-0.15, -0.1) is 0 Å². The summed E-state index contributed by atoms with van der Waals surface area (Å²) in [6, 6.07) is 6.59. The zero-order chi connectivity index (χ0) is 15.7. The summed E-state index contributed by atoms with van der Waals surface area (Å²) < 4.78 is 39.2. The van der Waals surface area contributed by atoms with E-state index < -0.39 is 11.7 Å². The third-order valence-corrected chi connectivity index (χ3v) is 3.28. The maximum Gasteiger partial charge on any atom is 0.416 e. The first-order valence-electron chi connectivity index (χ1n) is 6.53. The highest BCUT2D eigenvalue weighted by Crippen LogP contribution is 2.30. The maximum absolute atomic E-state index is 12.6. The molecule has 0 fully saturated rings. The number of aromatic nitrogens is 4. The SMILES string of the molecule is CC(Nc1ccnc2ncnn12)c1ccc(C(F)(F)F)cc1. The number of anilines is 1. The van der Waals surface area contributed by atoms with Crippen molar-refractivity contribution in [2.45, 2.75) is 19.1 Å². The first-order valence-corrected chi connectivity index (χ1v) is 6.53. The van der Waals surface area contributed by atoms with Gasteiger partial charge < -0.3 is 5.32 Å². The molecule has 1 N–H and O–H groups in total. The van der Waals surface area contributed by atoms with Crippen molar-refractivity contribution < 1.29 is 13.2 Å². The number of fused-ring (bicyclic) bond motifs is 1. The second kappa shape index (κ2) is 5.28. The molecule has 3 rings (SSSR count). The molecule has 0 saturated carbocycles. The number of rotatable bonds is 3. The summed E-state index contributed by atoms with van der Waals surface area (Å²) in [7, 11) is 0. The monoisotopic (exact) mass is 307 g/mol. The molecule has 1 aromatic carbocycles. The molecule has 0 saturated heterocycles. The van der Waals surface area contributed by atoms with Gasteiger partial charge in [0.1, 0.15) is 12.1 Å². The number of nitrogens with zero attached hydrogens (tertiary/aromatic N) is 4. The maximum atomic E-state index is 12.6. The Hall–Kier alpha value is -2.64. The van der Waals surface area contributed by atoms with E-state index in [-0.39, 0.29) is 6.04 Å². The van der Waals surface area contributed by atoms with Crippen LogP contribution in [-0.2, 0) is 6.18 Å². The number of nitrogens with one attached hydrogen (secondary N) is 1. The van der Waals surface area contributed by atoms with E-state index in [1.165, 1.54) is 23.0 Å². The Morgan fingerprint density at radius 1 is 1.09 bits per heavy atom. The molecular formula is C14H12F3N5. The lowest BCUT2D eigenvalue weighted by Gasteiger charge is -2.16. The van der Waals surface area contributed by atoms with Crippen LogP contribution in [-0.4, -0.2) is 19.6 Å². The molecule has 2 aromatic heterocycles. The molecule has 0 bridgehead atoms. The van der Waals surface area contributed by atoms with Gasteiger partial charge in [-0.2, -0.15) is 27.8 Å². The Labute approximate surface area is 123 Å². The van der Waals surface area contributed by atoms with Gasteiger partial charge >= 0.3 is 6.18 Å². The molecule has 8 heteroatoms. The normalized spacial score (nSPS) is 13.3. The molecule has 3 aromatic rings. The summed E-state index contributed by atoms with van der Waals surface area (Å²) in [5.74, 6) is 1.11. The quantitative estimate of drug-likeness (QED) is 0.806. The first-order chi connectivity index (χ1) is 10.4. The van der Waals surface area contributed by atoms with Crippen molar-refractivity contribution in [1.29, 1.82) is 0 Å². The highest BCUT2D eigenvalue weighted by Gasteiger charge is 2.30. The standard InChI is InChI=1S/C14H12F3N5/c1-9(10-2-4-11(5-3-10)14(15,16)17)21-12-6-7-18-13-19-8-20-22(12)13/h2-9,21H,1H3. The minimum Gasteiger partial charge on any atom is -0.363 e. The van der Waals surface area contributed by atoms with Gasteiger partial charge in [-0.25, -0.2) is 4.98 Å². The fraction of sp³-hybridized carbons (Fsp3) is 0.214. The third kappa shape index (κ3) is 2.72. The van der Waals surface area contributed by atoms with Crippen molar-refractivity contribution in [2.24, 2.45) is 0 Å². The Morgan fingerprint density at radius 3 is 2.50 bits per heavy atom. The molecule has 1 atom stereocenters. The van der Waals surface area contributed by atoms with E-state index in [4.69, 9.17) is 0 Å². The summed E-state index contributed by atoms with van der Waals surface area (Å²) in [5.41, 5.74) is 0.0732. The van der Waals surface area contributed by atoms with Gasteiger partial charge in [0.05, 0.1) is 5.56 Å². The fourth-order valence-corrected chi connectivity index (χ4v) is 2.11. The highest BCUT2D eigenvalue weighted by atomic mass is 19.4. The number of benzene rings is 1. The van der Waals surface area contributed by atoms with E-state index in [1.807, 2.05) is 6.92 Å². The van der Waals surface area contributed by atoms with Gasteiger partial charge in [0.15, 0.2) is 0 Å². The predicted molar refractivity (Wildman–Crippen MR) is 74.3 cm³/mol. The summed E-state index contributed by atoms with van der Waals surface area (Å²) >= 11 is 0. The van der Waals surface area contributed by atoms with Gasteiger partial charge in [0.2, 0.25) is 0 Å². The lowest BCUT2D eigenvalue weighted by molar-refractivity contribution is -0.137. The van der Waals surface area contributed by atoms with Crippen LogP contribution >= 0.6 is 0 Å². The van der Waals surface area contributed by atoms with E-state index in [2.05, 4.69) is 20.4 Å². The Morgan fingerprint density at radius 2 is 1.82 bits per heavy atom. The van der Waals surface area contributed by atoms with Crippen LogP contribution in [0.1, 0.15) is 24.1 Å². The van der Waals surface area contributed by atoms with Crippen LogP contribution in [0.15, 0.2) is 42.9 Å². The van der Waals surface area contributed by atoms with Gasteiger partial charge in [-0.1, -0.05) is 12.1 Å². The van der Waals surface area contributed by atoms with Crippen LogP contribution in [0, 0.1) is 0 Å². The van der Waals surface area contributed by atoms with Crippen molar-refractivity contribution in [3.63, 3.8) is 0 Å². The Balaban J connectivity index is 1.82. The zero-order valence-corrected chi connectivity index (χ0v) is 11.5. The molecule has 22 heavy (non-hydrogen) atoms. The Bertz CT molecular complexity index is 779. The van der Waals surface area contributed by atoms with Crippen molar-refractivity contribution in [3.05, 3.63) is 54.0 Å². The van der Waals surface area contributed by atoms with Crippen molar-refractivity contribution in [3.8, 4) is 0 Å². The lowest BCUT2D eigenvalue weighted by Crippen LogP contribution is -2.11. The second-order valence-electron chi connectivity index (χ2n) is 4.79. The minimum absolute atomic E-state index is 0.197. The molecule has 1 unspecified atom stereocenters. The molecule has 2 heterocycles. The van der Waals surface area contributed by atoms with Crippen LogP contribution in [0.4, 0.5) is 19.0 Å². The summed E-state index contributed by atoms with van der Waals surface area (Å²) in [5, 5.41) is 7.23. The predicted octanol–water partition coefficient (Wildman–Crippen LogP) is 3.32. The summed E-state index contributed by atoms with van der Waals surface area (Å²) in [4.78, 5) is 8.02. The smallest absolute Gasteiger partial charge is 0.363 e. The Kier molecular flexibility index (Phi) is 3.44. The number of halogens is 3. The zero-order valence-electron chi connectivity index (χ0n) is 11.5. The van der Waals surface area contributed by atoms with Crippen LogP contribution < -0.4 is 5.32 Å². The van der Waals surface area contributed by atoms with Crippen LogP contribution in [0.3, 0.4) is 0 Å². The molecule has 0 spiro atoms. The number of alkyl halides is 3. The molecule has 5 nitrogen and oxygen atoms in total. The molecular weight excluding hydrogens is 295 g/mol. The largest absolute Gasteiger partial charge is 0.416 e. The second-order valence-corrected chi connectivity index (χ2v) is 4.79. The molecule has 0 aliphatic heterocycles. The third-order valence-electron chi connectivity index (χ3n) is 3.28. The summed E-state index contributed by atoms with van der Waals surface area (Å²) in [6.45, 7) is 1.85. The average molecular weight is 307 g/mol. The molecule has 114 valence electrons. The molecule has 0 radical (unpaired) electrons. The van der Waals surface area contributed by atoms with E-state index in [0.717, 1.165) is 17.7 Å². The van der Waals surface area contributed by atoms with E-state index in [1.54, 1.807) is 12.3 Å². The molecule has 0 amide bonds. The lowest BCUT2D eigenvalue weighted by atomic mass is 10.1. The number of hydrogen-bond acceptors (Lipinski definition) is 4. The van der Waals surface area contributed by atoms with Crippen molar-refractivity contribution >= 4 is 11.6 Å². The van der Waals surface area contributed by atoms with Crippen LogP contribution in [0.2, 0.25) is 0 Å². The van der Waals surface area contributed by atoms with E-state index >= 15 is 0 Å². The van der Waals surface area contributed by atoms with Crippen LogP contribution in [0.5, 0.6) is 0 Å². The van der Waals surface area contributed by atoms with Crippen molar-refractivity contribution in [2.75, 3.05) is 5.32 Å². The first kappa shape index (κ1) is 14.3. The van der Waals surface area contributed by atoms with Crippen molar-refractivity contribution in [1.82, 2.24) is 19.6 Å². The average Bonchev–Trinajstić information content (AvgIpc) is 2.96. The summed E-state index contributed by atoms with van der Waals surface area (Å²) in [6.07, 6.45) is -1.35. The van der Waals surface area contributed by atoms with Crippen LogP contribution in [0.25, 0.3) is 5.78 Å². The van der Waals surface area contributed by atoms with E-state index in [0.29, 0.717) is 11.6 Å². The topological polar surface area (TPSA) is 55.1 Å². The van der Waals surface area contributed by atoms with Gasteiger partial charge in [0, 0.05) is 12.2 Å². The minimum atomic E-state index is -4.33. The number of hydrogen-bond donors (Lipinski definition) is 1. The fourth-order valence-electron chi connectivity index (χ4n) is 2.11. The van der Waals surface area contributed by atoms with E-state index in [9.17, 15) is 13.2 Å². The van der Waals surface area contributed by atoms with Gasteiger partial charge in [0.25, 0.3) is 5.78 Å². The highest BCUT2D eigenvalue weighted by molar-refractivity contribution is 5.44. The van der Waals surface area contributed by atoms with Gasteiger partial charge in [-0.3, -0.25) is 0 Å².